The number of benzene rings is 3. The number of hydrogen-bond acceptors (Lipinski definition) is 2. The Bertz CT molecular complexity index is 896. The highest BCUT2D eigenvalue weighted by Gasteiger charge is 2.17. The van der Waals surface area contributed by atoms with Crippen LogP contribution in [0.3, 0.4) is 0 Å². The van der Waals surface area contributed by atoms with Gasteiger partial charge in [-0.05, 0) is 46.9 Å². The van der Waals surface area contributed by atoms with Crippen molar-refractivity contribution in [2.45, 2.75) is 42.4 Å². The second kappa shape index (κ2) is 6.61. The maximum atomic E-state index is 3.59. The SMILES string of the molecule is CC(C)c1ccc(C(C)c2ccc3c(c2)Nc2ccccc2S3)cc1. The zero-order valence-electron chi connectivity index (χ0n) is 14.9. The quantitative estimate of drug-likeness (QED) is 0.422. The van der Waals surface area contributed by atoms with Crippen LogP contribution >= 0.6 is 11.8 Å². The summed E-state index contributed by atoms with van der Waals surface area (Å²) in [6, 6.07) is 24.4. The van der Waals surface area contributed by atoms with Crippen LogP contribution in [0, 0.1) is 0 Å². The molecule has 0 radical (unpaired) electrons. The van der Waals surface area contributed by atoms with Gasteiger partial charge in [0.25, 0.3) is 0 Å². The van der Waals surface area contributed by atoms with E-state index in [0.717, 1.165) is 0 Å². The molecule has 0 fully saturated rings. The highest BCUT2D eigenvalue weighted by atomic mass is 32.2. The fourth-order valence-electron chi connectivity index (χ4n) is 3.29. The Morgan fingerprint density at radius 2 is 1.32 bits per heavy atom. The van der Waals surface area contributed by atoms with Crippen LogP contribution in [0.4, 0.5) is 11.4 Å². The summed E-state index contributed by atoms with van der Waals surface area (Å²) in [6.07, 6.45) is 0. The first kappa shape index (κ1) is 16.3. The minimum absolute atomic E-state index is 0.385. The Balaban J connectivity index is 1.62. The van der Waals surface area contributed by atoms with Gasteiger partial charge in [-0.3, -0.25) is 0 Å². The molecule has 126 valence electrons. The van der Waals surface area contributed by atoms with Crippen molar-refractivity contribution in [2.24, 2.45) is 0 Å². The molecule has 0 aliphatic carbocycles. The van der Waals surface area contributed by atoms with Gasteiger partial charge in [0.15, 0.2) is 0 Å². The minimum atomic E-state index is 0.385. The number of anilines is 2. The highest BCUT2D eigenvalue weighted by Crippen LogP contribution is 2.45. The summed E-state index contributed by atoms with van der Waals surface area (Å²) >= 11 is 1.84. The zero-order chi connectivity index (χ0) is 17.4. The van der Waals surface area contributed by atoms with Gasteiger partial charge in [0.1, 0.15) is 0 Å². The Kier molecular flexibility index (Phi) is 4.30. The molecule has 2 heteroatoms. The molecule has 3 aromatic rings. The van der Waals surface area contributed by atoms with Gasteiger partial charge >= 0.3 is 0 Å². The van der Waals surface area contributed by atoms with E-state index in [9.17, 15) is 0 Å². The summed E-state index contributed by atoms with van der Waals surface area (Å²) in [7, 11) is 0. The Morgan fingerprint density at radius 1 is 0.680 bits per heavy atom. The molecule has 1 aliphatic heterocycles. The molecule has 1 N–H and O–H groups in total. The molecular weight excluding hydrogens is 322 g/mol. The summed E-state index contributed by atoms with van der Waals surface area (Å²) in [4.78, 5) is 2.59. The second-order valence-electron chi connectivity index (χ2n) is 7.02. The van der Waals surface area contributed by atoms with Crippen molar-refractivity contribution < 1.29 is 0 Å². The van der Waals surface area contributed by atoms with E-state index in [2.05, 4.69) is 92.8 Å². The van der Waals surface area contributed by atoms with E-state index in [-0.39, 0.29) is 0 Å². The minimum Gasteiger partial charge on any atom is -0.354 e. The van der Waals surface area contributed by atoms with E-state index in [1.807, 2.05) is 11.8 Å². The van der Waals surface area contributed by atoms with Crippen LogP contribution in [-0.4, -0.2) is 0 Å². The molecule has 25 heavy (non-hydrogen) atoms. The highest BCUT2D eigenvalue weighted by molar-refractivity contribution is 7.99. The van der Waals surface area contributed by atoms with Crippen LogP contribution in [0.25, 0.3) is 0 Å². The molecule has 1 unspecified atom stereocenters. The van der Waals surface area contributed by atoms with E-state index in [1.54, 1.807) is 0 Å². The van der Waals surface area contributed by atoms with Gasteiger partial charge in [-0.15, -0.1) is 0 Å². The van der Waals surface area contributed by atoms with Gasteiger partial charge in [0.05, 0.1) is 11.4 Å². The van der Waals surface area contributed by atoms with Crippen molar-refractivity contribution >= 4 is 23.1 Å². The van der Waals surface area contributed by atoms with Gasteiger partial charge < -0.3 is 5.32 Å². The second-order valence-corrected chi connectivity index (χ2v) is 8.11. The third kappa shape index (κ3) is 3.19. The molecule has 4 rings (SSSR count). The normalized spacial score (nSPS) is 13.8. The summed E-state index contributed by atoms with van der Waals surface area (Å²) in [5, 5.41) is 3.59. The van der Waals surface area contributed by atoms with E-state index < -0.39 is 0 Å². The average Bonchev–Trinajstić information content (AvgIpc) is 2.65. The first-order valence-corrected chi connectivity index (χ1v) is 9.71. The van der Waals surface area contributed by atoms with Crippen molar-refractivity contribution in [1.29, 1.82) is 0 Å². The van der Waals surface area contributed by atoms with Gasteiger partial charge in [-0.2, -0.15) is 0 Å². The number of para-hydroxylation sites is 1. The Hall–Kier alpha value is -2.19. The van der Waals surface area contributed by atoms with Crippen molar-refractivity contribution in [3.05, 3.63) is 83.4 Å². The van der Waals surface area contributed by atoms with Crippen molar-refractivity contribution in [3.8, 4) is 0 Å². The Morgan fingerprint density at radius 3 is 2.08 bits per heavy atom. The molecule has 1 aliphatic rings. The van der Waals surface area contributed by atoms with Crippen LogP contribution in [0.15, 0.2) is 76.5 Å². The zero-order valence-corrected chi connectivity index (χ0v) is 15.7. The van der Waals surface area contributed by atoms with Crippen molar-refractivity contribution in [1.82, 2.24) is 0 Å². The van der Waals surface area contributed by atoms with E-state index >= 15 is 0 Å². The molecule has 1 atom stereocenters. The first-order chi connectivity index (χ1) is 12.1. The van der Waals surface area contributed by atoms with Gasteiger partial charge in [0, 0.05) is 15.7 Å². The van der Waals surface area contributed by atoms with E-state index in [0.29, 0.717) is 11.8 Å². The predicted octanol–water partition coefficient (Wildman–Crippen LogP) is 7.17. The van der Waals surface area contributed by atoms with E-state index in [1.165, 1.54) is 37.9 Å². The molecular formula is C23H23NS. The van der Waals surface area contributed by atoms with Gasteiger partial charge in [-0.1, -0.05) is 75.0 Å². The van der Waals surface area contributed by atoms with Gasteiger partial charge in [-0.25, -0.2) is 0 Å². The molecule has 1 heterocycles. The Labute approximate surface area is 154 Å². The third-order valence-corrected chi connectivity index (χ3v) is 6.13. The molecule has 0 saturated carbocycles. The van der Waals surface area contributed by atoms with Gasteiger partial charge in [0.2, 0.25) is 0 Å². The lowest BCUT2D eigenvalue weighted by Crippen LogP contribution is -2.02. The maximum Gasteiger partial charge on any atom is 0.0529 e. The smallest absolute Gasteiger partial charge is 0.0529 e. The summed E-state index contributed by atoms with van der Waals surface area (Å²) in [6.45, 7) is 6.77. The lowest BCUT2D eigenvalue weighted by molar-refractivity contribution is 0.859. The van der Waals surface area contributed by atoms with Crippen LogP contribution in [0.2, 0.25) is 0 Å². The molecule has 0 saturated heterocycles. The van der Waals surface area contributed by atoms with Crippen LogP contribution in [-0.2, 0) is 0 Å². The summed E-state index contributed by atoms with van der Waals surface area (Å²) in [5.74, 6) is 0.963. The topological polar surface area (TPSA) is 12.0 Å². The van der Waals surface area contributed by atoms with Crippen LogP contribution in [0.1, 0.15) is 49.3 Å². The number of fused-ring (bicyclic) bond motifs is 2. The number of rotatable bonds is 3. The van der Waals surface area contributed by atoms with Crippen molar-refractivity contribution in [3.63, 3.8) is 0 Å². The van der Waals surface area contributed by atoms with E-state index in [4.69, 9.17) is 0 Å². The number of nitrogens with one attached hydrogen (secondary N) is 1. The average molecular weight is 346 g/mol. The molecule has 0 aromatic heterocycles. The summed E-state index contributed by atoms with van der Waals surface area (Å²) in [5.41, 5.74) is 6.53. The number of hydrogen-bond donors (Lipinski definition) is 1. The largest absolute Gasteiger partial charge is 0.354 e. The standard InChI is InChI=1S/C23H23NS/c1-15(2)17-8-10-18(11-9-17)16(3)19-12-13-23-21(14-19)24-20-6-4-5-7-22(20)25-23/h4-16,24H,1-3H3. The molecule has 3 aromatic carbocycles. The summed E-state index contributed by atoms with van der Waals surface area (Å²) < 4.78 is 0. The third-order valence-electron chi connectivity index (χ3n) is 4.98. The van der Waals surface area contributed by atoms with Crippen molar-refractivity contribution in [2.75, 3.05) is 5.32 Å². The van der Waals surface area contributed by atoms with Crippen LogP contribution in [0.5, 0.6) is 0 Å². The first-order valence-electron chi connectivity index (χ1n) is 8.89. The maximum absolute atomic E-state index is 3.59. The molecule has 0 spiro atoms. The molecule has 1 nitrogen and oxygen atoms in total. The lowest BCUT2D eigenvalue weighted by Gasteiger charge is -2.23. The monoisotopic (exact) mass is 345 g/mol. The fraction of sp³-hybridized carbons (Fsp3) is 0.217. The van der Waals surface area contributed by atoms with Crippen LogP contribution < -0.4 is 5.32 Å². The lowest BCUT2D eigenvalue weighted by atomic mass is 9.91. The molecule has 0 bridgehead atoms. The predicted molar refractivity (Wildman–Crippen MR) is 108 cm³/mol. The fourth-order valence-corrected chi connectivity index (χ4v) is 4.26. The molecule has 0 amide bonds.